The second-order valence-electron chi connectivity index (χ2n) is 13.5. The zero-order chi connectivity index (χ0) is 23.7. The fourth-order valence-electron chi connectivity index (χ4n) is 9.20. The summed E-state index contributed by atoms with van der Waals surface area (Å²) >= 11 is 0. The second-order valence-corrected chi connectivity index (χ2v) is 13.5. The molecular formula is C30H48O2. The molecule has 0 aromatic carbocycles. The molecule has 4 rings (SSSR count). The van der Waals surface area contributed by atoms with Crippen molar-refractivity contribution in [2.45, 2.75) is 119 Å². The van der Waals surface area contributed by atoms with E-state index in [9.17, 15) is 9.90 Å². The lowest BCUT2D eigenvalue weighted by Crippen LogP contribution is -2.57. The van der Waals surface area contributed by atoms with Crippen LogP contribution < -0.4 is 0 Å². The average Bonchev–Trinajstić information content (AvgIpc) is 2.99. The highest BCUT2D eigenvalue weighted by Crippen LogP contribution is 2.71. The van der Waals surface area contributed by atoms with Gasteiger partial charge in [0.05, 0.1) is 6.10 Å². The SMILES string of the molecule is CC(C)=CCC[C@@H](C)[C@H]1CC[C@@]2(C)C3=C(CC(=O)[C@]12C)[C@@]1(C)CC[C@@H](O)C(C)(C)[C@@H]1CC3. The van der Waals surface area contributed by atoms with E-state index in [4.69, 9.17) is 0 Å². The molecule has 32 heavy (non-hydrogen) atoms. The van der Waals surface area contributed by atoms with E-state index in [1.165, 1.54) is 36.8 Å². The third-order valence-corrected chi connectivity index (χ3v) is 11.5. The fraction of sp³-hybridized carbons (Fsp3) is 0.833. The van der Waals surface area contributed by atoms with E-state index in [1.54, 1.807) is 5.57 Å². The molecule has 4 aliphatic rings. The van der Waals surface area contributed by atoms with Crippen molar-refractivity contribution in [3.8, 4) is 0 Å². The Morgan fingerprint density at radius 1 is 1.06 bits per heavy atom. The zero-order valence-corrected chi connectivity index (χ0v) is 22.1. The maximum Gasteiger partial charge on any atom is 0.143 e. The summed E-state index contributed by atoms with van der Waals surface area (Å²) < 4.78 is 0. The van der Waals surface area contributed by atoms with Gasteiger partial charge in [-0.15, -0.1) is 0 Å². The molecule has 0 aromatic rings. The molecule has 0 heterocycles. The van der Waals surface area contributed by atoms with Gasteiger partial charge < -0.3 is 5.11 Å². The molecule has 0 spiro atoms. The number of hydrogen-bond donors (Lipinski definition) is 1. The summed E-state index contributed by atoms with van der Waals surface area (Å²) in [4.78, 5) is 14.1. The fourth-order valence-corrected chi connectivity index (χ4v) is 9.20. The number of hydrogen-bond acceptors (Lipinski definition) is 2. The smallest absolute Gasteiger partial charge is 0.143 e. The van der Waals surface area contributed by atoms with Crippen molar-refractivity contribution in [1.29, 1.82) is 0 Å². The topological polar surface area (TPSA) is 37.3 Å². The highest BCUT2D eigenvalue weighted by molar-refractivity contribution is 5.91. The minimum absolute atomic E-state index is 0.0152. The lowest BCUT2D eigenvalue weighted by atomic mass is 9.43. The van der Waals surface area contributed by atoms with Crippen LogP contribution >= 0.6 is 0 Å². The van der Waals surface area contributed by atoms with Crippen molar-refractivity contribution in [1.82, 2.24) is 0 Å². The molecule has 0 bridgehead atoms. The normalized spacial score (nSPS) is 43.9. The Labute approximate surface area is 197 Å². The van der Waals surface area contributed by atoms with Gasteiger partial charge in [-0.1, -0.05) is 64.3 Å². The Hall–Kier alpha value is -0.890. The van der Waals surface area contributed by atoms with Gasteiger partial charge in [0.2, 0.25) is 0 Å². The van der Waals surface area contributed by atoms with Gasteiger partial charge in [0.25, 0.3) is 0 Å². The maximum absolute atomic E-state index is 14.1. The van der Waals surface area contributed by atoms with Crippen molar-refractivity contribution >= 4 is 5.78 Å². The molecule has 2 fully saturated rings. The Balaban J connectivity index is 1.71. The highest BCUT2D eigenvalue weighted by atomic mass is 16.3. The van der Waals surface area contributed by atoms with E-state index in [-0.39, 0.29) is 27.8 Å². The number of carbonyl (C=O) groups is 1. The van der Waals surface area contributed by atoms with Crippen LogP contribution in [0.1, 0.15) is 113 Å². The molecule has 0 aliphatic heterocycles. The molecule has 180 valence electrons. The molecule has 0 saturated heterocycles. The van der Waals surface area contributed by atoms with E-state index in [1.807, 2.05) is 0 Å². The third-order valence-electron chi connectivity index (χ3n) is 11.5. The summed E-state index contributed by atoms with van der Waals surface area (Å²) in [6.07, 6.45) is 11.7. The van der Waals surface area contributed by atoms with Gasteiger partial charge in [-0.3, -0.25) is 4.79 Å². The van der Waals surface area contributed by atoms with Crippen molar-refractivity contribution in [3.05, 3.63) is 22.8 Å². The number of rotatable bonds is 4. The predicted octanol–water partition coefficient (Wildman–Crippen LogP) is 7.66. The average molecular weight is 441 g/mol. The molecule has 2 heteroatoms. The van der Waals surface area contributed by atoms with Crippen LogP contribution in [-0.2, 0) is 4.79 Å². The lowest BCUT2D eigenvalue weighted by Gasteiger charge is -2.61. The molecule has 0 radical (unpaired) electrons. The van der Waals surface area contributed by atoms with E-state index in [2.05, 4.69) is 61.5 Å². The van der Waals surface area contributed by atoms with E-state index < -0.39 is 0 Å². The van der Waals surface area contributed by atoms with Crippen LogP contribution in [0.15, 0.2) is 22.8 Å². The zero-order valence-electron chi connectivity index (χ0n) is 22.1. The molecule has 1 N–H and O–H groups in total. The Morgan fingerprint density at radius 2 is 1.75 bits per heavy atom. The van der Waals surface area contributed by atoms with Gasteiger partial charge in [-0.05, 0) is 93.8 Å². The summed E-state index contributed by atoms with van der Waals surface area (Å²) in [6.45, 7) is 18.5. The van der Waals surface area contributed by atoms with Crippen LogP contribution in [0, 0.1) is 39.4 Å². The number of aliphatic hydroxyl groups excluding tert-OH is 1. The van der Waals surface area contributed by atoms with Crippen LogP contribution in [0.2, 0.25) is 0 Å². The van der Waals surface area contributed by atoms with Crippen molar-refractivity contribution in [2.75, 3.05) is 0 Å². The molecule has 0 aromatic heterocycles. The number of Topliss-reactive ketones (excluding diaryl/α,β-unsaturated/α-hetero) is 1. The van der Waals surface area contributed by atoms with Crippen molar-refractivity contribution in [2.24, 2.45) is 39.4 Å². The largest absolute Gasteiger partial charge is 0.393 e. The number of aliphatic hydroxyl groups is 1. The number of carbonyl (C=O) groups excluding carboxylic acids is 1. The van der Waals surface area contributed by atoms with Crippen LogP contribution in [0.5, 0.6) is 0 Å². The van der Waals surface area contributed by atoms with Crippen molar-refractivity contribution in [3.63, 3.8) is 0 Å². The van der Waals surface area contributed by atoms with Crippen LogP contribution in [-0.4, -0.2) is 17.0 Å². The number of fused-ring (bicyclic) bond motifs is 4. The van der Waals surface area contributed by atoms with Gasteiger partial charge >= 0.3 is 0 Å². The first-order valence-corrected chi connectivity index (χ1v) is 13.4. The maximum atomic E-state index is 14.1. The molecular weight excluding hydrogens is 392 g/mol. The predicted molar refractivity (Wildman–Crippen MR) is 133 cm³/mol. The monoisotopic (exact) mass is 440 g/mol. The number of ketones is 1. The van der Waals surface area contributed by atoms with E-state index in [0.29, 0.717) is 30.0 Å². The van der Waals surface area contributed by atoms with Crippen LogP contribution in [0.3, 0.4) is 0 Å². The quantitative estimate of drug-likeness (QED) is 0.456. The first-order chi connectivity index (χ1) is 14.8. The van der Waals surface area contributed by atoms with Gasteiger partial charge in [0, 0.05) is 17.3 Å². The first kappa shape index (κ1) is 24.2. The van der Waals surface area contributed by atoms with Gasteiger partial charge in [0.1, 0.15) is 5.78 Å². The molecule has 0 unspecified atom stereocenters. The molecule has 2 nitrogen and oxygen atoms in total. The summed E-state index contributed by atoms with van der Waals surface area (Å²) in [5, 5.41) is 10.8. The summed E-state index contributed by atoms with van der Waals surface area (Å²) in [5.41, 5.74) is 4.34. The summed E-state index contributed by atoms with van der Waals surface area (Å²) in [7, 11) is 0. The first-order valence-electron chi connectivity index (χ1n) is 13.4. The highest BCUT2D eigenvalue weighted by Gasteiger charge is 2.66. The van der Waals surface area contributed by atoms with E-state index in [0.717, 1.165) is 25.7 Å². The summed E-state index contributed by atoms with van der Waals surface area (Å²) in [6, 6.07) is 0. The summed E-state index contributed by atoms with van der Waals surface area (Å²) in [5.74, 6) is 2.06. The molecule has 2 saturated carbocycles. The third kappa shape index (κ3) is 3.18. The van der Waals surface area contributed by atoms with Gasteiger partial charge in [-0.25, -0.2) is 0 Å². The lowest BCUT2D eigenvalue weighted by molar-refractivity contribution is -0.140. The van der Waals surface area contributed by atoms with Gasteiger partial charge in [-0.2, -0.15) is 0 Å². The van der Waals surface area contributed by atoms with Crippen LogP contribution in [0.25, 0.3) is 0 Å². The number of allylic oxidation sites excluding steroid dienone is 4. The van der Waals surface area contributed by atoms with Gasteiger partial charge in [0.15, 0.2) is 0 Å². The minimum Gasteiger partial charge on any atom is -0.393 e. The Morgan fingerprint density at radius 3 is 2.41 bits per heavy atom. The minimum atomic E-state index is -0.222. The molecule has 0 amide bonds. The van der Waals surface area contributed by atoms with E-state index >= 15 is 0 Å². The van der Waals surface area contributed by atoms with Crippen LogP contribution in [0.4, 0.5) is 0 Å². The van der Waals surface area contributed by atoms with Crippen molar-refractivity contribution < 1.29 is 9.90 Å². The molecule has 7 atom stereocenters. The Bertz CT molecular complexity index is 843. The second kappa shape index (κ2) is 7.82. The Kier molecular flexibility index (Phi) is 5.93. The standard InChI is InChI=1S/C30H48O2/c1-19(2)10-9-11-20(3)21-14-17-29(7)22-12-13-24-27(4,5)25(31)15-16-28(24,6)23(22)18-26(32)30(21,29)8/h10,20-21,24-25,31H,9,11-18H2,1-8H3/t20-,21-,24+,25-,28-,29+,30+/m1/s1. The molecule has 4 aliphatic carbocycles.